The summed E-state index contributed by atoms with van der Waals surface area (Å²) in [4.78, 5) is 16.4. The molecule has 2 rings (SSSR count). The van der Waals surface area contributed by atoms with E-state index in [2.05, 4.69) is 29.2 Å². The molecule has 0 bridgehead atoms. The van der Waals surface area contributed by atoms with E-state index in [-0.39, 0.29) is 11.7 Å². The minimum absolute atomic E-state index is 0.121. The van der Waals surface area contributed by atoms with E-state index in [0.29, 0.717) is 18.3 Å². The van der Waals surface area contributed by atoms with E-state index in [1.54, 1.807) is 6.33 Å². The predicted molar refractivity (Wildman–Crippen MR) is 69.1 cm³/mol. The fraction of sp³-hybridized carbons (Fsp3) is 0.769. The van der Waals surface area contributed by atoms with Gasteiger partial charge in [0.15, 0.2) is 0 Å². The summed E-state index contributed by atoms with van der Waals surface area (Å²) in [5.74, 6) is 2.20. The molecule has 1 saturated heterocycles. The first-order chi connectivity index (χ1) is 8.58. The van der Waals surface area contributed by atoms with Crippen molar-refractivity contribution in [3.63, 3.8) is 0 Å². The van der Waals surface area contributed by atoms with Crippen LogP contribution in [0.1, 0.15) is 26.6 Å². The van der Waals surface area contributed by atoms with Crippen LogP contribution in [0.2, 0.25) is 0 Å². The van der Waals surface area contributed by atoms with Crippen LogP contribution in [-0.4, -0.2) is 33.6 Å². The van der Waals surface area contributed by atoms with E-state index in [4.69, 9.17) is 0 Å². The van der Waals surface area contributed by atoms with Gasteiger partial charge in [0.25, 0.3) is 0 Å². The Bertz CT molecular complexity index is 409. The first-order valence-corrected chi connectivity index (χ1v) is 6.68. The maximum atomic E-state index is 12.2. The summed E-state index contributed by atoms with van der Waals surface area (Å²) in [7, 11) is 0. The maximum absolute atomic E-state index is 12.2. The van der Waals surface area contributed by atoms with Crippen LogP contribution in [-0.2, 0) is 17.8 Å². The molecule has 100 valence electrons. The SMILES string of the molecule is CC(C)Cn1ncnc1CC(=O)C(C)C1CNC1. The smallest absolute Gasteiger partial charge is 0.143 e. The topological polar surface area (TPSA) is 59.8 Å². The minimum Gasteiger partial charge on any atom is -0.316 e. The lowest BCUT2D eigenvalue weighted by Crippen LogP contribution is -2.47. The molecule has 5 heteroatoms. The average molecular weight is 250 g/mol. The molecule has 1 N–H and O–H groups in total. The molecule has 18 heavy (non-hydrogen) atoms. The van der Waals surface area contributed by atoms with E-state index in [9.17, 15) is 4.79 Å². The zero-order valence-corrected chi connectivity index (χ0v) is 11.4. The third-order valence-electron chi connectivity index (χ3n) is 3.59. The summed E-state index contributed by atoms with van der Waals surface area (Å²) in [5, 5.41) is 7.40. The zero-order chi connectivity index (χ0) is 13.1. The van der Waals surface area contributed by atoms with Crippen molar-refractivity contribution in [3.8, 4) is 0 Å². The number of aromatic nitrogens is 3. The molecule has 1 aromatic heterocycles. The van der Waals surface area contributed by atoms with Crippen molar-refractivity contribution in [3.05, 3.63) is 12.2 Å². The minimum atomic E-state index is 0.121. The van der Waals surface area contributed by atoms with Crippen molar-refractivity contribution < 1.29 is 4.79 Å². The lowest BCUT2D eigenvalue weighted by Gasteiger charge is -2.31. The molecule has 1 atom stereocenters. The summed E-state index contributed by atoms with van der Waals surface area (Å²) in [6.07, 6.45) is 1.95. The number of ketones is 1. The highest BCUT2D eigenvalue weighted by Crippen LogP contribution is 2.18. The Hall–Kier alpha value is -1.23. The summed E-state index contributed by atoms with van der Waals surface area (Å²) in [6, 6.07) is 0. The van der Waals surface area contributed by atoms with Crippen LogP contribution in [0, 0.1) is 17.8 Å². The number of nitrogens with one attached hydrogen (secondary N) is 1. The number of rotatable bonds is 6. The van der Waals surface area contributed by atoms with Gasteiger partial charge in [0.1, 0.15) is 17.9 Å². The van der Waals surface area contributed by atoms with Crippen molar-refractivity contribution in [1.29, 1.82) is 0 Å². The number of hydrogen-bond donors (Lipinski definition) is 1. The third-order valence-corrected chi connectivity index (χ3v) is 3.59. The fourth-order valence-electron chi connectivity index (χ4n) is 2.17. The van der Waals surface area contributed by atoms with E-state index in [1.807, 2.05) is 11.6 Å². The molecule has 0 amide bonds. The maximum Gasteiger partial charge on any atom is 0.143 e. The van der Waals surface area contributed by atoms with Crippen LogP contribution in [0.25, 0.3) is 0 Å². The molecule has 0 spiro atoms. The number of carbonyl (C=O) groups excluding carboxylic acids is 1. The summed E-state index contributed by atoms with van der Waals surface area (Å²) in [6.45, 7) is 9.04. The van der Waals surface area contributed by atoms with Gasteiger partial charge in [-0.3, -0.25) is 4.79 Å². The predicted octanol–water partition coefficient (Wildman–Crippen LogP) is 0.901. The van der Waals surface area contributed by atoms with Crippen LogP contribution in [0.4, 0.5) is 0 Å². The normalized spacial score (nSPS) is 17.8. The van der Waals surface area contributed by atoms with Crippen molar-refractivity contribution in [2.75, 3.05) is 13.1 Å². The Labute approximate surface area is 108 Å². The second kappa shape index (κ2) is 5.61. The third kappa shape index (κ3) is 2.96. The molecule has 0 aliphatic carbocycles. The fourth-order valence-corrected chi connectivity index (χ4v) is 2.17. The van der Waals surface area contributed by atoms with Crippen LogP contribution < -0.4 is 5.32 Å². The van der Waals surface area contributed by atoms with Gasteiger partial charge in [0, 0.05) is 12.5 Å². The van der Waals surface area contributed by atoms with Crippen molar-refractivity contribution in [1.82, 2.24) is 20.1 Å². The summed E-state index contributed by atoms with van der Waals surface area (Å²) >= 11 is 0. The first-order valence-electron chi connectivity index (χ1n) is 6.68. The van der Waals surface area contributed by atoms with Gasteiger partial charge >= 0.3 is 0 Å². The molecule has 1 fully saturated rings. The molecule has 1 aliphatic heterocycles. The molecule has 1 aromatic rings. The molecular weight excluding hydrogens is 228 g/mol. The van der Waals surface area contributed by atoms with Gasteiger partial charge in [0.05, 0.1) is 6.42 Å². The molecule has 1 aliphatic rings. The van der Waals surface area contributed by atoms with Gasteiger partial charge in [-0.15, -0.1) is 0 Å². The number of nitrogens with zero attached hydrogens (tertiary/aromatic N) is 3. The summed E-state index contributed by atoms with van der Waals surface area (Å²) in [5.41, 5.74) is 0. The van der Waals surface area contributed by atoms with Crippen molar-refractivity contribution in [2.45, 2.75) is 33.7 Å². The quantitative estimate of drug-likeness (QED) is 0.815. The highest BCUT2D eigenvalue weighted by atomic mass is 16.1. The monoisotopic (exact) mass is 250 g/mol. The van der Waals surface area contributed by atoms with Crippen molar-refractivity contribution >= 4 is 5.78 Å². The lowest BCUT2D eigenvalue weighted by atomic mass is 9.85. The van der Waals surface area contributed by atoms with E-state index in [0.717, 1.165) is 25.5 Å². The van der Waals surface area contributed by atoms with Crippen LogP contribution in [0.5, 0.6) is 0 Å². The molecule has 0 saturated carbocycles. The van der Waals surface area contributed by atoms with E-state index < -0.39 is 0 Å². The molecular formula is C13H22N4O. The first kappa shape index (κ1) is 13.2. The number of Topliss-reactive ketones (excluding diaryl/α,β-unsaturated/α-hetero) is 1. The number of carbonyl (C=O) groups is 1. The van der Waals surface area contributed by atoms with Gasteiger partial charge in [-0.25, -0.2) is 9.67 Å². The van der Waals surface area contributed by atoms with Gasteiger partial charge in [-0.2, -0.15) is 5.10 Å². The second-order valence-corrected chi connectivity index (χ2v) is 5.60. The van der Waals surface area contributed by atoms with Crippen LogP contribution >= 0.6 is 0 Å². The molecule has 0 radical (unpaired) electrons. The van der Waals surface area contributed by atoms with E-state index >= 15 is 0 Å². The van der Waals surface area contributed by atoms with Gasteiger partial charge < -0.3 is 5.32 Å². The Morgan fingerprint density at radius 2 is 2.22 bits per heavy atom. The van der Waals surface area contributed by atoms with Gasteiger partial charge in [0.2, 0.25) is 0 Å². The highest BCUT2D eigenvalue weighted by molar-refractivity contribution is 5.82. The zero-order valence-electron chi connectivity index (χ0n) is 11.4. The Morgan fingerprint density at radius 1 is 1.50 bits per heavy atom. The average Bonchev–Trinajstić information content (AvgIpc) is 2.62. The van der Waals surface area contributed by atoms with Gasteiger partial charge in [-0.05, 0) is 24.9 Å². The van der Waals surface area contributed by atoms with Crippen LogP contribution in [0.3, 0.4) is 0 Å². The highest BCUT2D eigenvalue weighted by Gasteiger charge is 2.29. The summed E-state index contributed by atoms with van der Waals surface area (Å²) < 4.78 is 1.86. The van der Waals surface area contributed by atoms with Crippen LogP contribution in [0.15, 0.2) is 6.33 Å². The molecule has 2 heterocycles. The largest absolute Gasteiger partial charge is 0.316 e. The Morgan fingerprint density at radius 3 is 2.78 bits per heavy atom. The Balaban J connectivity index is 1.95. The van der Waals surface area contributed by atoms with Crippen molar-refractivity contribution in [2.24, 2.45) is 17.8 Å². The number of hydrogen-bond acceptors (Lipinski definition) is 4. The van der Waals surface area contributed by atoms with Gasteiger partial charge in [-0.1, -0.05) is 20.8 Å². The Kier molecular flexibility index (Phi) is 4.11. The lowest BCUT2D eigenvalue weighted by molar-refractivity contribution is -0.124. The molecule has 5 nitrogen and oxygen atoms in total. The second-order valence-electron chi connectivity index (χ2n) is 5.60. The standard InChI is InChI=1S/C13H22N4O/c1-9(2)7-17-13(15-8-16-17)4-12(18)10(3)11-5-14-6-11/h8-11,14H,4-7H2,1-3H3. The molecule has 1 unspecified atom stereocenters. The van der Waals surface area contributed by atoms with E-state index in [1.165, 1.54) is 0 Å². The molecule has 0 aromatic carbocycles.